The third-order valence-corrected chi connectivity index (χ3v) is 7.14. The molecule has 2 aromatic carbocycles. The molecule has 3 aromatic rings. The van der Waals surface area contributed by atoms with Crippen LogP contribution in [0.4, 0.5) is 17.6 Å². The average molecular weight is 577 g/mol. The fourth-order valence-corrected chi connectivity index (χ4v) is 4.95. The molecule has 2 heterocycles. The van der Waals surface area contributed by atoms with E-state index in [-0.39, 0.29) is 25.3 Å². The molecule has 0 bridgehead atoms. The first-order valence-electron chi connectivity index (χ1n) is 12.7. The lowest BCUT2D eigenvalue weighted by atomic mass is 9.90. The van der Waals surface area contributed by atoms with Gasteiger partial charge in [-0.2, -0.15) is 13.2 Å². The minimum absolute atomic E-state index is 0.0676. The lowest BCUT2D eigenvalue weighted by Gasteiger charge is -2.39. The number of halogens is 4. The van der Waals surface area contributed by atoms with Gasteiger partial charge >= 0.3 is 6.18 Å². The Balaban J connectivity index is 1.74. The molecule has 1 aliphatic heterocycles. The number of amides is 2. The molecule has 2 amide bonds. The predicted octanol–water partition coefficient (Wildman–Crippen LogP) is 3.81. The zero-order chi connectivity index (χ0) is 29.9. The molecule has 218 valence electrons. The zero-order valence-corrected chi connectivity index (χ0v) is 22.2. The number of nitrogens with one attached hydrogen (secondary N) is 1. The van der Waals surface area contributed by atoms with Crippen molar-refractivity contribution >= 4 is 11.8 Å². The summed E-state index contributed by atoms with van der Waals surface area (Å²) in [5.41, 5.74) is -4.87. The molecule has 0 fully saturated rings. The highest BCUT2D eigenvalue weighted by Crippen LogP contribution is 2.44. The van der Waals surface area contributed by atoms with Gasteiger partial charge in [0.15, 0.2) is 5.69 Å². The van der Waals surface area contributed by atoms with E-state index >= 15 is 0 Å². The summed E-state index contributed by atoms with van der Waals surface area (Å²) in [6, 6.07) is 10.6. The third-order valence-electron chi connectivity index (χ3n) is 7.14. The standard InChI is InChI=1S/C28H28F4N4O5/c1-35(26(40)27(41-2,28(30,31)32)18-8-4-3-5-9-18)20-10-6-7-15-36-23(20)34-21(22(37)25(36)39)24(38)33-16-17-11-13-19(29)14-12-17/h3-5,8-9,11-14,20,37H,6-7,10,15-16H2,1-2H3,(H,33,38)/t20-,27-/m0/s1. The molecule has 0 aliphatic carbocycles. The first-order chi connectivity index (χ1) is 19.4. The Kier molecular flexibility index (Phi) is 8.47. The fraction of sp³-hybridized carbons (Fsp3) is 0.357. The molecule has 9 nitrogen and oxygen atoms in total. The molecule has 0 radical (unpaired) electrons. The first-order valence-corrected chi connectivity index (χ1v) is 12.7. The van der Waals surface area contributed by atoms with Gasteiger partial charge in [-0.25, -0.2) is 9.37 Å². The van der Waals surface area contributed by atoms with Crippen LogP contribution in [0.3, 0.4) is 0 Å². The molecule has 2 N–H and O–H groups in total. The van der Waals surface area contributed by atoms with Gasteiger partial charge in [-0.1, -0.05) is 42.5 Å². The molecule has 0 saturated heterocycles. The van der Waals surface area contributed by atoms with Crippen LogP contribution in [0.2, 0.25) is 0 Å². The van der Waals surface area contributed by atoms with Crippen LogP contribution in [-0.2, 0) is 28.2 Å². The topological polar surface area (TPSA) is 114 Å². The van der Waals surface area contributed by atoms with Crippen molar-refractivity contribution in [3.8, 4) is 5.75 Å². The van der Waals surface area contributed by atoms with Crippen molar-refractivity contribution in [3.05, 3.63) is 93.4 Å². The number of aromatic hydroxyl groups is 1. The van der Waals surface area contributed by atoms with Crippen molar-refractivity contribution in [2.75, 3.05) is 14.2 Å². The maximum Gasteiger partial charge on any atom is 0.430 e. The van der Waals surface area contributed by atoms with Gasteiger partial charge in [0.1, 0.15) is 11.6 Å². The third kappa shape index (κ3) is 5.53. The Labute approximate surface area is 232 Å². The number of carbonyl (C=O) groups is 2. The summed E-state index contributed by atoms with van der Waals surface area (Å²) < 4.78 is 63.0. The molecule has 41 heavy (non-hydrogen) atoms. The first kappa shape index (κ1) is 29.7. The van der Waals surface area contributed by atoms with Crippen molar-refractivity contribution in [3.63, 3.8) is 0 Å². The van der Waals surface area contributed by atoms with E-state index in [9.17, 15) is 37.1 Å². The van der Waals surface area contributed by atoms with Crippen molar-refractivity contribution < 1.29 is 37.0 Å². The maximum atomic E-state index is 14.6. The van der Waals surface area contributed by atoms with Crippen LogP contribution >= 0.6 is 0 Å². The lowest BCUT2D eigenvalue weighted by molar-refractivity contribution is -0.270. The Hall–Kier alpha value is -4.26. The van der Waals surface area contributed by atoms with Crippen molar-refractivity contribution in [1.82, 2.24) is 19.8 Å². The number of methoxy groups -OCH3 is 1. The summed E-state index contributed by atoms with van der Waals surface area (Å²) in [5, 5.41) is 13.0. The van der Waals surface area contributed by atoms with E-state index in [1.165, 1.54) is 42.5 Å². The minimum atomic E-state index is -5.16. The van der Waals surface area contributed by atoms with E-state index in [1.54, 1.807) is 0 Å². The van der Waals surface area contributed by atoms with Crippen LogP contribution in [0.25, 0.3) is 0 Å². The smallest absolute Gasteiger partial charge is 0.430 e. The number of hydrogen-bond donors (Lipinski definition) is 2. The van der Waals surface area contributed by atoms with Gasteiger partial charge in [-0.05, 0) is 37.0 Å². The van der Waals surface area contributed by atoms with Crippen LogP contribution in [0.1, 0.15) is 52.7 Å². The van der Waals surface area contributed by atoms with E-state index in [4.69, 9.17) is 4.74 Å². The van der Waals surface area contributed by atoms with Crippen LogP contribution in [0.5, 0.6) is 5.75 Å². The van der Waals surface area contributed by atoms with Gasteiger partial charge in [-0.3, -0.25) is 19.0 Å². The van der Waals surface area contributed by atoms with Gasteiger partial charge < -0.3 is 20.1 Å². The maximum absolute atomic E-state index is 14.6. The highest BCUT2D eigenvalue weighted by atomic mass is 19.4. The molecule has 1 aliphatic rings. The van der Waals surface area contributed by atoms with Crippen LogP contribution in [0, 0.1) is 5.82 Å². The van der Waals surface area contributed by atoms with Crippen molar-refractivity contribution in [1.29, 1.82) is 0 Å². The number of likely N-dealkylation sites (N-methyl/N-ethyl adjacent to an activating group) is 1. The number of rotatable bonds is 7. The number of nitrogens with zero attached hydrogens (tertiary/aromatic N) is 3. The molecular weight excluding hydrogens is 548 g/mol. The van der Waals surface area contributed by atoms with Gasteiger partial charge in [-0.15, -0.1) is 0 Å². The molecule has 1 aromatic heterocycles. The van der Waals surface area contributed by atoms with E-state index in [0.717, 1.165) is 35.8 Å². The van der Waals surface area contributed by atoms with E-state index in [0.29, 0.717) is 18.4 Å². The summed E-state index contributed by atoms with van der Waals surface area (Å²) >= 11 is 0. The average Bonchev–Trinajstić information content (AvgIpc) is 3.17. The normalized spacial score (nSPS) is 16.7. The van der Waals surface area contributed by atoms with Crippen molar-refractivity contribution in [2.24, 2.45) is 0 Å². The molecular formula is C28H28F4N4O5. The molecule has 4 rings (SSSR count). The van der Waals surface area contributed by atoms with E-state index < -0.39 is 58.0 Å². The monoisotopic (exact) mass is 576 g/mol. The second-order valence-corrected chi connectivity index (χ2v) is 9.61. The van der Waals surface area contributed by atoms with Gasteiger partial charge in [0.2, 0.25) is 5.75 Å². The SMILES string of the molecule is CO[C@](C(=O)N(C)[C@H]1CCCCn2c1nc(C(=O)NCc1ccc(F)cc1)c(O)c2=O)(c1ccccc1)C(F)(F)F. The second-order valence-electron chi connectivity index (χ2n) is 9.61. The Morgan fingerprint density at radius 3 is 2.39 bits per heavy atom. The van der Waals surface area contributed by atoms with Crippen molar-refractivity contribution in [2.45, 2.75) is 50.2 Å². The Bertz CT molecular complexity index is 1480. The Morgan fingerprint density at radius 2 is 1.78 bits per heavy atom. The zero-order valence-electron chi connectivity index (χ0n) is 22.2. The molecule has 13 heteroatoms. The number of alkyl halides is 3. The van der Waals surface area contributed by atoms with Gasteiger partial charge in [0, 0.05) is 32.8 Å². The van der Waals surface area contributed by atoms with Crippen LogP contribution in [-0.4, -0.2) is 51.7 Å². The molecule has 0 spiro atoms. The summed E-state index contributed by atoms with van der Waals surface area (Å²) in [6.07, 6.45) is -4.21. The predicted molar refractivity (Wildman–Crippen MR) is 138 cm³/mol. The number of ether oxygens (including phenoxy) is 1. The summed E-state index contributed by atoms with van der Waals surface area (Å²) in [7, 11) is 1.94. The quantitative estimate of drug-likeness (QED) is 0.414. The van der Waals surface area contributed by atoms with E-state index in [2.05, 4.69) is 10.3 Å². The number of carbonyl (C=O) groups excluding carboxylic acids is 2. The highest BCUT2D eigenvalue weighted by Gasteiger charge is 2.64. The van der Waals surface area contributed by atoms with Crippen LogP contribution in [0.15, 0.2) is 59.4 Å². The summed E-state index contributed by atoms with van der Waals surface area (Å²) in [4.78, 5) is 44.8. The van der Waals surface area contributed by atoms with Gasteiger partial charge in [0.05, 0.1) is 6.04 Å². The number of fused-ring (bicyclic) bond motifs is 1. The Morgan fingerprint density at radius 1 is 1.12 bits per heavy atom. The van der Waals surface area contributed by atoms with E-state index in [1.807, 2.05) is 0 Å². The fourth-order valence-electron chi connectivity index (χ4n) is 4.95. The molecule has 2 atom stereocenters. The lowest BCUT2D eigenvalue weighted by Crippen LogP contribution is -2.56. The molecule has 0 saturated carbocycles. The van der Waals surface area contributed by atoms with Gasteiger partial charge in [0.25, 0.3) is 23.0 Å². The largest absolute Gasteiger partial charge is 0.501 e. The van der Waals surface area contributed by atoms with Crippen LogP contribution < -0.4 is 10.9 Å². The second kappa shape index (κ2) is 11.7. The number of aromatic nitrogens is 2. The number of benzene rings is 2. The minimum Gasteiger partial charge on any atom is -0.501 e. The summed E-state index contributed by atoms with van der Waals surface area (Å²) in [5.74, 6) is -3.94. The highest BCUT2D eigenvalue weighted by molar-refractivity contribution is 5.94. The number of hydrogen-bond acceptors (Lipinski definition) is 6. The molecule has 0 unspecified atom stereocenters. The summed E-state index contributed by atoms with van der Waals surface area (Å²) in [6.45, 7) is -0.0163.